The van der Waals surface area contributed by atoms with Gasteiger partial charge in [-0.15, -0.1) is 0 Å². The van der Waals surface area contributed by atoms with E-state index < -0.39 is 0 Å². The van der Waals surface area contributed by atoms with Crippen molar-refractivity contribution in [2.24, 2.45) is 0 Å². The highest BCUT2D eigenvalue weighted by molar-refractivity contribution is 6.06. The number of carbonyl (C=O) groups is 1. The molecule has 1 aliphatic heterocycles. The van der Waals surface area contributed by atoms with E-state index in [1.807, 2.05) is 30.3 Å². The molecule has 180 valence electrons. The molecule has 1 N–H and O–H groups in total. The standard InChI is InChI=1S/C30H34N4O/c1-21-22(2)34(19-23-8-6-5-7-9-23)29-15-10-24(18-28(21)29)30(35)31-25-11-13-26(14-12-25)33-17-16-27(20-33)32(3)4/h5-15,18,27H,16-17,19-20H2,1-4H3,(H,31,35). The number of benzene rings is 3. The molecule has 1 aromatic heterocycles. The highest BCUT2D eigenvalue weighted by Crippen LogP contribution is 2.28. The first-order valence-corrected chi connectivity index (χ1v) is 12.4. The predicted octanol–water partition coefficient (Wildman–Crippen LogP) is 5.70. The Labute approximate surface area is 208 Å². The van der Waals surface area contributed by atoms with Gasteiger partial charge in [0.2, 0.25) is 0 Å². The van der Waals surface area contributed by atoms with E-state index >= 15 is 0 Å². The second-order valence-electron chi connectivity index (χ2n) is 9.87. The van der Waals surface area contributed by atoms with Gasteiger partial charge in [-0.05, 0) is 88.0 Å². The molecule has 0 bridgehead atoms. The van der Waals surface area contributed by atoms with Gasteiger partial charge in [0.25, 0.3) is 5.91 Å². The Morgan fingerprint density at radius 2 is 1.74 bits per heavy atom. The number of aromatic nitrogens is 1. The molecule has 0 radical (unpaired) electrons. The lowest BCUT2D eigenvalue weighted by Gasteiger charge is -2.22. The molecule has 0 spiro atoms. The minimum absolute atomic E-state index is 0.0821. The minimum Gasteiger partial charge on any atom is -0.370 e. The lowest BCUT2D eigenvalue weighted by Crippen LogP contribution is -2.31. The lowest BCUT2D eigenvalue weighted by atomic mass is 10.1. The predicted molar refractivity (Wildman–Crippen MR) is 146 cm³/mol. The molecule has 1 fully saturated rings. The number of hydrogen-bond acceptors (Lipinski definition) is 3. The van der Waals surface area contributed by atoms with Crippen LogP contribution >= 0.6 is 0 Å². The second kappa shape index (κ2) is 9.59. The summed E-state index contributed by atoms with van der Waals surface area (Å²) >= 11 is 0. The molecule has 0 saturated carbocycles. The van der Waals surface area contributed by atoms with Crippen molar-refractivity contribution in [2.75, 3.05) is 37.4 Å². The van der Waals surface area contributed by atoms with E-state index in [1.54, 1.807) is 0 Å². The van der Waals surface area contributed by atoms with Gasteiger partial charge in [-0.1, -0.05) is 30.3 Å². The molecule has 5 heteroatoms. The van der Waals surface area contributed by atoms with Crippen LogP contribution in [0.5, 0.6) is 0 Å². The monoisotopic (exact) mass is 466 g/mol. The summed E-state index contributed by atoms with van der Waals surface area (Å²) in [7, 11) is 4.29. The normalized spacial score (nSPS) is 15.8. The Hall–Kier alpha value is -3.57. The smallest absolute Gasteiger partial charge is 0.255 e. The van der Waals surface area contributed by atoms with Gasteiger partial charge in [-0.3, -0.25) is 4.79 Å². The zero-order valence-electron chi connectivity index (χ0n) is 21.1. The first-order chi connectivity index (χ1) is 16.9. The molecule has 5 nitrogen and oxygen atoms in total. The van der Waals surface area contributed by atoms with E-state index in [0.29, 0.717) is 11.6 Å². The summed E-state index contributed by atoms with van der Waals surface area (Å²) in [6.07, 6.45) is 1.18. The summed E-state index contributed by atoms with van der Waals surface area (Å²) < 4.78 is 2.33. The quantitative estimate of drug-likeness (QED) is 0.396. The molecular formula is C30H34N4O. The number of rotatable bonds is 6. The van der Waals surface area contributed by atoms with Crippen LogP contribution in [0.2, 0.25) is 0 Å². The van der Waals surface area contributed by atoms with Gasteiger partial charge in [0.1, 0.15) is 0 Å². The molecule has 3 aromatic carbocycles. The number of aryl methyl sites for hydroxylation is 1. The van der Waals surface area contributed by atoms with Gasteiger partial charge in [0, 0.05) is 59.2 Å². The molecule has 0 aliphatic carbocycles. The van der Waals surface area contributed by atoms with Gasteiger partial charge in [0.15, 0.2) is 0 Å². The minimum atomic E-state index is -0.0821. The van der Waals surface area contributed by atoms with Crippen LogP contribution in [0, 0.1) is 13.8 Å². The Balaban J connectivity index is 1.32. The second-order valence-corrected chi connectivity index (χ2v) is 9.87. The number of hydrogen-bond donors (Lipinski definition) is 1. The summed E-state index contributed by atoms with van der Waals surface area (Å²) in [5.41, 5.74) is 7.58. The van der Waals surface area contributed by atoms with E-state index in [1.165, 1.54) is 28.9 Å². The lowest BCUT2D eigenvalue weighted by molar-refractivity contribution is 0.102. The largest absolute Gasteiger partial charge is 0.370 e. The number of nitrogens with one attached hydrogen (secondary N) is 1. The average Bonchev–Trinajstić information content (AvgIpc) is 3.45. The highest BCUT2D eigenvalue weighted by Gasteiger charge is 2.24. The summed E-state index contributed by atoms with van der Waals surface area (Å²) in [6.45, 7) is 7.22. The van der Waals surface area contributed by atoms with Gasteiger partial charge in [0.05, 0.1) is 0 Å². The molecular weight excluding hydrogens is 432 g/mol. The van der Waals surface area contributed by atoms with Crippen LogP contribution in [0.25, 0.3) is 10.9 Å². The van der Waals surface area contributed by atoms with Crippen LogP contribution in [0.3, 0.4) is 0 Å². The third kappa shape index (κ3) is 4.69. The molecule has 1 saturated heterocycles. The molecule has 1 atom stereocenters. The molecule has 35 heavy (non-hydrogen) atoms. The number of carbonyl (C=O) groups excluding carboxylic acids is 1. The number of amides is 1. The van der Waals surface area contributed by atoms with Crippen LogP contribution in [-0.4, -0.2) is 48.6 Å². The van der Waals surface area contributed by atoms with Crippen LogP contribution in [-0.2, 0) is 6.54 Å². The van der Waals surface area contributed by atoms with Crippen LogP contribution in [0.15, 0.2) is 72.8 Å². The summed E-state index contributed by atoms with van der Waals surface area (Å²) in [5, 5.41) is 4.21. The zero-order chi connectivity index (χ0) is 24.5. The molecule has 1 unspecified atom stereocenters. The molecule has 2 heterocycles. The fourth-order valence-corrected chi connectivity index (χ4v) is 5.12. The molecule has 5 rings (SSSR count). The third-order valence-electron chi connectivity index (χ3n) is 7.47. The Bertz CT molecular complexity index is 1340. The van der Waals surface area contributed by atoms with E-state index in [0.717, 1.165) is 36.2 Å². The number of likely N-dealkylation sites (N-methyl/N-ethyl adjacent to an activating group) is 1. The van der Waals surface area contributed by atoms with Crippen molar-refractivity contribution in [1.29, 1.82) is 0 Å². The van der Waals surface area contributed by atoms with Crippen molar-refractivity contribution in [3.05, 3.63) is 95.2 Å². The van der Waals surface area contributed by atoms with Crippen molar-refractivity contribution in [3.8, 4) is 0 Å². The zero-order valence-corrected chi connectivity index (χ0v) is 21.1. The van der Waals surface area contributed by atoms with Crippen molar-refractivity contribution in [3.63, 3.8) is 0 Å². The first-order valence-electron chi connectivity index (χ1n) is 12.4. The van der Waals surface area contributed by atoms with Crippen molar-refractivity contribution in [1.82, 2.24) is 9.47 Å². The van der Waals surface area contributed by atoms with Crippen LogP contribution in [0.4, 0.5) is 11.4 Å². The Morgan fingerprint density at radius 1 is 1.00 bits per heavy atom. The summed E-state index contributed by atoms with van der Waals surface area (Å²) in [4.78, 5) is 17.8. The van der Waals surface area contributed by atoms with Crippen LogP contribution < -0.4 is 10.2 Å². The van der Waals surface area contributed by atoms with E-state index in [4.69, 9.17) is 0 Å². The molecule has 4 aromatic rings. The van der Waals surface area contributed by atoms with E-state index in [2.05, 4.69) is 90.1 Å². The summed E-state index contributed by atoms with van der Waals surface area (Å²) in [5.74, 6) is -0.0821. The number of nitrogens with zero attached hydrogens (tertiary/aromatic N) is 3. The first kappa shape index (κ1) is 23.2. The van der Waals surface area contributed by atoms with E-state index in [-0.39, 0.29) is 5.91 Å². The maximum absolute atomic E-state index is 13.1. The maximum Gasteiger partial charge on any atom is 0.255 e. The Kier molecular flexibility index (Phi) is 6.35. The number of anilines is 2. The maximum atomic E-state index is 13.1. The fraction of sp³-hybridized carbons (Fsp3) is 0.300. The molecule has 1 amide bonds. The van der Waals surface area contributed by atoms with Crippen molar-refractivity contribution < 1.29 is 4.79 Å². The Morgan fingerprint density at radius 3 is 2.43 bits per heavy atom. The van der Waals surface area contributed by atoms with Crippen LogP contribution in [0.1, 0.15) is 33.6 Å². The highest BCUT2D eigenvalue weighted by atomic mass is 16.1. The average molecular weight is 467 g/mol. The SMILES string of the molecule is Cc1c(C)n(Cc2ccccc2)c2ccc(C(=O)Nc3ccc(N4CCC(N(C)C)C4)cc3)cc12. The number of fused-ring (bicyclic) bond motifs is 1. The molecule has 1 aliphatic rings. The van der Waals surface area contributed by atoms with Gasteiger partial charge in [-0.25, -0.2) is 0 Å². The summed E-state index contributed by atoms with van der Waals surface area (Å²) in [6, 6.07) is 25.3. The fourth-order valence-electron chi connectivity index (χ4n) is 5.12. The van der Waals surface area contributed by atoms with Gasteiger partial charge in [-0.2, -0.15) is 0 Å². The van der Waals surface area contributed by atoms with E-state index in [9.17, 15) is 4.79 Å². The van der Waals surface area contributed by atoms with Crippen molar-refractivity contribution in [2.45, 2.75) is 32.9 Å². The topological polar surface area (TPSA) is 40.5 Å². The van der Waals surface area contributed by atoms with Crippen molar-refractivity contribution >= 4 is 28.2 Å². The third-order valence-corrected chi connectivity index (χ3v) is 7.47. The van der Waals surface area contributed by atoms with Gasteiger partial charge >= 0.3 is 0 Å². The van der Waals surface area contributed by atoms with Gasteiger partial charge < -0.3 is 19.7 Å².